The number of rotatable bonds is 0. The Bertz CT molecular complexity index is 2450. The highest BCUT2D eigenvalue weighted by atomic mass is 16.5. The molecule has 11 rings (SSSR count). The first kappa shape index (κ1) is 17.5. The Hall–Kier alpha value is -4.96. The fourth-order valence-electron chi connectivity index (χ4n) is 7.96. The molecule has 3 aliphatic rings. The van der Waals surface area contributed by atoms with Crippen molar-refractivity contribution in [2.45, 2.75) is 5.66 Å². The Morgan fingerprint density at radius 1 is 0.514 bits per heavy atom. The van der Waals surface area contributed by atoms with Crippen LogP contribution >= 0.6 is 0 Å². The molecule has 0 radical (unpaired) electrons. The second-order valence-electron chi connectivity index (χ2n) is 10.5. The molecule has 0 aliphatic carbocycles. The lowest BCUT2D eigenvalue weighted by Gasteiger charge is -2.26. The van der Waals surface area contributed by atoms with Gasteiger partial charge in [0, 0.05) is 22.9 Å². The molecule has 4 heteroatoms. The van der Waals surface area contributed by atoms with Crippen LogP contribution in [0.4, 0.5) is 0 Å². The van der Waals surface area contributed by atoms with E-state index in [9.17, 15) is 0 Å². The number of fused-ring (bicyclic) bond motifs is 6. The third-order valence-electron chi connectivity index (χ3n) is 9.12. The van der Waals surface area contributed by atoms with E-state index >= 15 is 0 Å². The molecule has 8 aromatic rings. The zero-order valence-electron chi connectivity index (χ0n) is 19.4. The SMILES string of the molecule is c1ccc2c(c1)c1ccc3c4c1c1c2ccc[n+]1C41c2c(ccc4c5ccoc5c5ccc[n+]1c5c24)O3. The Morgan fingerprint density at radius 3 is 1.84 bits per heavy atom. The number of nitrogens with zero attached hydrogens (tertiary/aromatic N) is 2. The van der Waals surface area contributed by atoms with Crippen LogP contribution in [-0.2, 0) is 5.66 Å². The third kappa shape index (κ3) is 1.55. The van der Waals surface area contributed by atoms with Crippen molar-refractivity contribution in [2.24, 2.45) is 0 Å². The molecular formula is C33H16N2O2+2. The summed E-state index contributed by atoms with van der Waals surface area (Å²) in [6.07, 6.45) is 6.31. The topological polar surface area (TPSA) is 30.1 Å². The maximum atomic E-state index is 6.76. The van der Waals surface area contributed by atoms with Gasteiger partial charge in [0.2, 0.25) is 11.0 Å². The van der Waals surface area contributed by atoms with Crippen molar-refractivity contribution >= 4 is 65.1 Å². The molecule has 168 valence electrons. The van der Waals surface area contributed by atoms with Crippen LogP contribution in [0, 0.1) is 0 Å². The number of ether oxygens (including phenoxy) is 1. The number of benzene rings is 5. The first-order valence-electron chi connectivity index (χ1n) is 12.7. The molecule has 37 heavy (non-hydrogen) atoms. The van der Waals surface area contributed by atoms with Crippen molar-refractivity contribution in [3.8, 4) is 11.5 Å². The van der Waals surface area contributed by atoms with Gasteiger partial charge in [0.25, 0.3) is 0 Å². The van der Waals surface area contributed by atoms with Gasteiger partial charge in [0.1, 0.15) is 17.1 Å². The quantitative estimate of drug-likeness (QED) is 0.179. The fourth-order valence-corrected chi connectivity index (χ4v) is 7.96. The van der Waals surface area contributed by atoms with Crippen LogP contribution in [-0.4, -0.2) is 0 Å². The number of furan rings is 1. The summed E-state index contributed by atoms with van der Waals surface area (Å²) in [4.78, 5) is 0. The van der Waals surface area contributed by atoms with Gasteiger partial charge in [-0.25, -0.2) is 0 Å². The van der Waals surface area contributed by atoms with E-state index < -0.39 is 5.66 Å². The van der Waals surface area contributed by atoms with Crippen molar-refractivity contribution < 1.29 is 18.3 Å². The second-order valence-corrected chi connectivity index (χ2v) is 10.5. The predicted molar refractivity (Wildman–Crippen MR) is 142 cm³/mol. The Morgan fingerprint density at radius 2 is 1.11 bits per heavy atom. The minimum Gasteiger partial charge on any atom is -0.463 e. The standard InChI is InChI=1S/C33H16N2O2/c1-2-6-18-17(5-1)19-9-11-24-28-26(19)30-21(18)7-3-14-34(30)33(28)29-25(37-24)12-10-20-22-13-16-36-32(22)23-8-4-15-35(33)31(23)27(20)29/h1-16H/q+2. The van der Waals surface area contributed by atoms with Gasteiger partial charge >= 0.3 is 5.66 Å². The summed E-state index contributed by atoms with van der Waals surface area (Å²) in [6, 6.07) is 28.5. The van der Waals surface area contributed by atoms with E-state index in [1.165, 1.54) is 59.9 Å². The number of aromatic nitrogens is 2. The van der Waals surface area contributed by atoms with Crippen LogP contribution in [0.25, 0.3) is 65.1 Å². The van der Waals surface area contributed by atoms with Crippen LogP contribution in [0.1, 0.15) is 11.1 Å². The van der Waals surface area contributed by atoms with Gasteiger partial charge in [-0.1, -0.05) is 24.3 Å². The van der Waals surface area contributed by atoms with E-state index in [0.717, 1.165) is 27.9 Å². The average molecular weight is 473 g/mol. The first-order chi connectivity index (χ1) is 18.4. The van der Waals surface area contributed by atoms with E-state index in [1.807, 2.05) is 0 Å². The Kier molecular flexibility index (Phi) is 2.48. The normalized spacial score (nSPS) is 18.1. The van der Waals surface area contributed by atoms with E-state index in [-0.39, 0.29) is 0 Å². The molecule has 0 saturated heterocycles. The van der Waals surface area contributed by atoms with Crippen molar-refractivity contribution in [1.82, 2.24) is 0 Å². The van der Waals surface area contributed by atoms with Crippen LogP contribution in [0.3, 0.4) is 0 Å². The van der Waals surface area contributed by atoms with Crippen molar-refractivity contribution in [3.63, 3.8) is 0 Å². The maximum Gasteiger partial charge on any atom is 0.425 e. The van der Waals surface area contributed by atoms with Gasteiger partial charge in [-0.2, -0.15) is 0 Å². The lowest BCUT2D eigenvalue weighted by atomic mass is 9.85. The molecular weight excluding hydrogens is 456 g/mol. The monoisotopic (exact) mass is 472 g/mol. The van der Waals surface area contributed by atoms with Gasteiger partial charge in [0.15, 0.2) is 23.5 Å². The molecule has 0 saturated carbocycles. The van der Waals surface area contributed by atoms with Crippen molar-refractivity contribution in [3.05, 3.63) is 109 Å². The molecule has 3 aliphatic heterocycles. The predicted octanol–water partition coefficient (Wildman–Crippen LogP) is 6.80. The summed E-state index contributed by atoms with van der Waals surface area (Å²) in [5.74, 6) is 1.86. The lowest BCUT2D eigenvalue weighted by molar-refractivity contribution is -0.945. The summed E-state index contributed by atoms with van der Waals surface area (Å²) >= 11 is 0. The first-order valence-corrected chi connectivity index (χ1v) is 12.7. The molecule has 1 unspecified atom stereocenters. The summed E-state index contributed by atoms with van der Waals surface area (Å²) in [6.45, 7) is 0. The molecule has 0 N–H and O–H groups in total. The molecule has 0 fully saturated rings. The summed E-state index contributed by atoms with van der Waals surface area (Å²) in [5, 5.41) is 11.1. The largest absolute Gasteiger partial charge is 0.463 e. The van der Waals surface area contributed by atoms with Gasteiger partial charge in [-0.05, 0) is 58.6 Å². The molecule has 5 aromatic carbocycles. The molecule has 1 atom stereocenters. The van der Waals surface area contributed by atoms with Gasteiger partial charge in [-0.15, -0.1) is 9.13 Å². The van der Waals surface area contributed by atoms with Crippen LogP contribution in [0.15, 0.2) is 102 Å². The van der Waals surface area contributed by atoms with E-state index in [4.69, 9.17) is 9.15 Å². The number of hydrogen-bond donors (Lipinski definition) is 0. The van der Waals surface area contributed by atoms with Crippen molar-refractivity contribution in [2.75, 3.05) is 0 Å². The zero-order valence-corrected chi connectivity index (χ0v) is 19.4. The molecule has 0 amide bonds. The average Bonchev–Trinajstić information content (AvgIpc) is 3.65. The van der Waals surface area contributed by atoms with E-state index in [0.29, 0.717) is 0 Å². The van der Waals surface area contributed by atoms with Crippen LogP contribution in [0.2, 0.25) is 0 Å². The molecule has 1 spiro atoms. The maximum absolute atomic E-state index is 6.76. The van der Waals surface area contributed by atoms with Crippen molar-refractivity contribution in [1.29, 1.82) is 0 Å². The highest BCUT2D eigenvalue weighted by molar-refractivity contribution is 6.27. The highest BCUT2D eigenvalue weighted by Crippen LogP contribution is 2.58. The lowest BCUT2D eigenvalue weighted by Crippen LogP contribution is -2.72. The molecule has 4 nitrogen and oxygen atoms in total. The smallest absolute Gasteiger partial charge is 0.425 e. The van der Waals surface area contributed by atoms with Crippen LogP contribution < -0.4 is 13.9 Å². The Labute approximate surface area is 209 Å². The summed E-state index contributed by atoms with van der Waals surface area (Å²) in [5.41, 5.74) is 5.30. The number of hydrogen-bond acceptors (Lipinski definition) is 2. The third-order valence-corrected chi connectivity index (χ3v) is 9.12. The molecule has 6 heterocycles. The van der Waals surface area contributed by atoms with E-state index in [1.54, 1.807) is 6.26 Å². The number of pyridine rings is 2. The minimum absolute atomic E-state index is 0.568. The van der Waals surface area contributed by atoms with Crippen LogP contribution in [0.5, 0.6) is 11.5 Å². The highest BCUT2D eigenvalue weighted by Gasteiger charge is 2.69. The van der Waals surface area contributed by atoms with E-state index in [2.05, 4.69) is 100 Å². The molecule has 0 bridgehead atoms. The zero-order chi connectivity index (χ0) is 23.6. The van der Waals surface area contributed by atoms with Gasteiger partial charge < -0.3 is 9.15 Å². The summed E-state index contributed by atoms with van der Waals surface area (Å²) < 4.78 is 17.8. The fraction of sp³-hybridized carbons (Fsp3) is 0.0303. The Balaban J connectivity index is 1.52. The second kappa shape index (κ2) is 5.25. The summed E-state index contributed by atoms with van der Waals surface area (Å²) in [7, 11) is 0. The van der Waals surface area contributed by atoms with Gasteiger partial charge in [0.05, 0.1) is 27.8 Å². The van der Waals surface area contributed by atoms with Gasteiger partial charge in [-0.3, -0.25) is 0 Å². The minimum atomic E-state index is -0.568. The molecule has 3 aromatic heterocycles.